The number of nitrogens with one attached hydrogen (secondary N) is 5. The summed E-state index contributed by atoms with van der Waals surface area (Å²) in [4.78, 5) is 53.4. The van der Waals surface area contributed by atoms with Crippen molar-refractivity contribution < 1.29 is 24.0 Å². The van der Waals surface area contributed by atoms with Gasteiger partial charge in [-0.15, -0.1) is 23.7 Å². The van der Waals surface area contributed by atoms with Crippen molar-refractivity contribution in [2.24, 2.45) is 0 Å². The van der Waals surface area contributed by atoms with E-state index >= 15 is 0 Å². The van der Waals surface area contributed by atoms with Crippen LogP contribution in [0.3, 0.4) is 0 Å². The Morgan fingerprint density at radius 3 is 1.35 bits per heavy atom. The Kier molecular flexibility index (Phi) is 42.5. The molecule has 0 heterocycles. The molecule has 0 radical (unpaired) electrons. The lowest BCUT2D eigenvalue weighted by molar-refractivity contribution is -0.121. The highest BCUT2D eigenvalue weighted by Crippen LogP contribution is 1.98. The van der Waals surface area contributed by atoms with E-state index in [0.717, 1.165) is 45.1 Å². The highest BCUT2D eigenvalue weighted by Gasteiger charge is 1.99. The first kappa shape index (κ1) is 45.7. The summed E-state index contributed by atoms with van der Waals surface area (Å²) in [6.07, 6.45) is 9.40. The Bertz CT molecular complexity index is 967. The Labute approximate surface area is 260 Å². The van der Waals surface area contributed by atoms with Crippen LogP contribution in [0.5, 0.6) is 0 Å². The highest BCUT2D eigenvalue weighted by molar-refractivity contribution is 5.87. The smallest absolute Gasteiger partial charge is 0.243 e. The predicted octanol–water partition coefficient (Wildman–Crippen LogP) is 2.98. The van der Waals surface area contributed by atoms with Gasteiger partial charge in [-0.3, -0.25) is 24.0 Å². The van der Waals surface area contributed by atoms with E-state index in [-0.39, 0.29) is 29.5 Å². The summed E-state index contributed by atoms with van der Waals surface area (Å²) in [6.45, 7) is 16.4. The molecule has 0 aromatic rings. The minimum atomic E-state index is -0.0423. The Hall–Kier alpha value is -4.23. The maximum Gasteiger partial charge on any atom is 0.243 e. The van der Waals surface area contributed by atoms with Crippen LogP contribution in [0, 0.1) is 35.5 Å². The number of hydrogen-bond donors (Lipinski definition) is 5. The third kappa shape index (κ3) is 58.4. The van der Waals surface area contributed by atoms with Crippen molar-refractivity contribution in [1.29, 1.82) is 0 Å². The van der Waals surface area contributed by atoms with Crippen LogP contribution in [0.1, 0.15) is 100 Å². The van der Waals surface area contributed by atoms with Gasteiger partial charge in [0.2, 0.25) is 29.5 Å². The van der Waals surface area contributed by atoms with Crippen LogP contribution < -0.4 is 26.6 Å². The molecule has 5 N–H and O–H groups in total. The summed E-state index contributed by atoms with van der Waals surface area (Å²) in [6, 6.07) is 0. The molecule has 10 nitrogen and oxygen atoms in total. The fraction of sp³-hybridized carbons (Fsp3) is 0.606. The van der Waals surface area contributed by atoms with E-state index in [1.165, 1.54) is 26.8 Å². The Balaban J connectivity index is -0.000000260. The summed E-state index contributed by atoms with van der Waals surface area (Å²) in [7, 11) is 0. The summed E-state index contributed by atoms with van der Waals surface area (Å²) < 4.78 is 0. The van der Waals surface area contributed by atoms with E-state index < -0.39 is 0 Å². The number of hydrogen-bond acceptors (Lipinski definition) is 5. The minimum absolute atomic E-state index is 0.00381. The van der Waals surface area contributed by atoms with Crippen molar-refractivity contribution in [1.82, 2.24) is 26.6 Å². The molecule has 0 aliphatic heterocycles. The largest absolute Gasteiger partial charge is 0.356 e. The van der Waals surface area contributed by atoms with Gasteiger partial charge in [0.15, 0.2) is 0 Å². The molecule has 0 rings (SSSR count). The SMILES string of the molecule is CC#CC.CC#CCNC(=O)CCCCCNC(C)=O.CC#CCNC(C)=O.CC=CC(=O)NCCCCCNC(C)=O. The molecule has 5 amide bonds. The second-order valence-corrected chi connectivity index (χ2v) is 8.67. The molecule has 0 aliphatic rings. The molecule has 242 valence electrons. The monoisotopic (exact) mass is 601 g/mol. The standard InChI is InChI=1S/C12H20N2O2.C11H20N2O2.C6H9NO.C4H6/c1-3-4-9-14-12(16)8-6-5-7-10-13-11(2)15;1-3-7-11(15)13-9-6-4-5-8-12-10(2)14;1-3-4-5-7-6(2)8;1-3-4-2/h5-10H2,1-2H3,(H,13,15)(H,14,16);3,7H,4-6,8-9H2,1-2H3,(H,12,14)(H,13,15);5H2,1-2H3,(H,7,8);1-2H3. The average Bonchev–Trinajstić information content (AvgIpc) is 2.95. The topological polar surface area (TPSA) is 146 Å². The first-order valence-corrected chi connectivity index (χ1v) is 14.5. The van der Waals surface area contributed by atoms with Crippen molar-refractivity contribution in [3.05, 3.63) is 12.2 Å². The van der Waals surface area contributed by atoms with Crippen LogP contribution in [0.4, 0.5) is 0 Å². The second kappa shape index (κ2) is 39.9. The molecule has 0 unspecified atom stereocenters. The lowest BCUT2D eigenvalue weighted by atomic mass is 10.2. The summed E-state index contributed by atoms with van der Waals surface area (Å²) in [5, 5.41) is 13.5. The molecule has 0 spiro atoms. The molecular formula is C33H55N5O5. The third-order valence-corrected chi connectivity index (χ3v) is 4.70. The van der Waals surface area contributed by atoms with Crippen LogP contribution in [0.2, 0.25) is 0 Å². The minimum Gasteiger partial charge on any atom is -0.356 e. The fourth-order valence-corrected chi connectivity index (χ4v) is 2.54. The van der Waals surface area contributed by atoms with Crippen LogP contribution in [-0.2, 0) is 24.0 Å². The molecule has 0 atom stereocenters. The maximum atomic E-state index is 11.2. The first-order valence-electron chi connectivity index (χ1n) is 14.5. The normalized spacial score (nSPS) is 8.47. The molecule has 0 saturated heterocycles. The number of amides is 5. The zero-order valence-corrected chi connectivity index (χ0v) is 27.7. The molecule has 0 bridgehead atoms. The van der Waals surface area contributed by atoms with Crippen molar-refractivity contribution in [2.45, 2.75) is 100 Å². The van der Waals surface area contributed by atoms with E-state index in [4.69, 9.17) is 0 Å². The zero-order chi connectivity index (χ0) is 33.6. The van der Waals surface area contributed by atoms with Gasteiger partial charge in [-0.05, 0) is 72.8 Å². The van der Waals surface area contributed by atoms with E-state index in [1.807, 2.05) is 20.8 Å². The van der Waals surface area contributed by atoms with Crippen molar-refractivity contribution in [3.8, 4) is 35.5 Å². The van der Waals surface area contributed by atoms with Crippen molar-refractivity contribution in [2.75, 3.05) is 32.7 Å². The van der Waals surface area contributed by atoms with Crippen molar-refractivity contribution in [3.63, 3.8) is 0 Å². The molecule has 0 aromatic heterocycles. The second-order valence-electron chi connectivity index (χ2n) is 8.67. The molecule has 10 heteroatoms. The van der Waals surface area contributed by atoms with E-state index in [1.54, 1.807) is 19.9 Å². The van der Waals surface area contributed by atoms with E-state index in [0.29, 0.717) is 32.6 Å². The quantitative estimate of drug-likeness (QED) is 0.111. The third-order valence-electron chi connectivity index (χ3n) is 4.70. The van der Waals surface area contributed by atoms with Crippen LogP contribution >= 0.6 is 0 Å². The number of rotatable bonds is 15. The molecular weight excluding hydrogens is 546 g/mol. The fourth-order valence-electron chi connectivity index (χ4n) is 2.54. The number of carbonyl (C=O) groups is 5. The lowest BCUT2D eigenvalue weighted by Crippen LogP contribution is -2.23. The van der Waals surface area contributed by atoms with Gasteiger partial charge >= 0.3 is 0 Å². The van der Waals surface area contributed by atoms with E-state index in [9.17, 15) is 24.0 Å². The average molecular weight is 602 g/mol. The summed E-state index contributed by atoms with van der Waals surface area (Å²) in [5.74, 6) is 16.2. The summed E-state index contributed by atoms with van der Waals surface area (Å²) >= 11 is 0. The molecule has 0 fully saturated rings. The number of unbranched alkanes of at least 4 members (excludes halogenated alkanes) is 4. The molecule has 0 saturated carbocycles. The Morgan fingerprint density at radius 1 is 0.535 bits per heavy atom. The van der Waals surface area contributed by atoms with Crippen molar-refractivity contribution >= 4 is 29.5 Å². The summed E-state index contributed by atoms with van der Waals surface area (Å²) in [5.41, 5.74) is 0. The van der Waals surface area contributed by atoms with Gasteiger partial charge in [0, 0.05) is 46.8 Å². The number of carbonyl (C=O) groups excluding carboxylic acids is 5. The zero-order valence-electron chi connectivity index (χ0n) is 27.7. The van der Waals surface area contributed by atoms with Gasteiger partial charge in [-0.25, -0.2) is 0 Å². The van der Waals surface area contributed by atoms with Crippen LogP contribution in [0.15, 0.2) is 12.2 Å². The van der Waals surface area contributed by atoms with Gasteiger partial charge in [0.1, 0.15) is 0 Å². The molecule has 0 aromatic carbocycles. The first-order chi connectivity index (χ1) is 20.5. The predicted molar refractivity (Wildman–Crippen MR) is 175 cm³/mol. The molecule has 43 heavy (non-hydrogen) atoms. The van der Waals surface area contributed by atoms with Gasteiger partial charge in [0.05, 0.1) is 13.1 Å². The van der Waals surface area contributed by atoms with E-state index in [2.05, 4.69) is 62.1 Å². The maximum absolute atomic E-state index is 11.2. The molecule has 0 aliphatic carbocycles. The number of allylic oxidation sites excluding steroid dienone is 1. The Morgan fingerprint density at radius 2 is 0.953 bits per heavy atom. The van der Waals surface area contributed by atoms with Gasteiger partial charge in [-0.2, -0.15) is 0 Å². The highest BCUT2D eigenvalue weighted by atomic mass is 16.2. The van der Waals surface area contributed by atoms with Gasteiger partial charge < -0.3 is 26.6 Å². The van der Waals surface area contributed by atoms with Gasteiger partial charge in [0.25, 0.3) is 0 Å². The van der Waals surface area contributed by atoms with Crippen LogP contribution in [0.25, 0.3) is 0 Å². The van der Waals surface area contributed by atoms with Crippen LogP contribution in [-0.4, -0.2) is 62.3 Å². The van der Waals surface area contributed by atoms with Gasteiger partial charge in [-0.1, -0.05) is 24.3 Å². The lowest BCUT2D eigenvalue weighted by Gasteiger charge is -2.03.